The lowest BCUT2D eigenvalue weighted by Gasteiger charge is -2.12. The molecule has 1 aromatic rings. The van der Waals surface area contributed by atoms with Gasteiger partial charge in [-0.05, 0) is 13.3 Å². The zero-order chi connectivity index (χ0) is 12.0. The molecule has 1 N–H and O–H groups in total. The average molecular weight is 226 g/mol. The fourth-order valence-corrected chi connectivity index (χ4v) is 1.52. The summed E-state index contributed by atoms with van der Waals surface area (Å²) in [5, 5.41) is 9.85. The van der Waals surface area contributed by atoms with Crippen LogP contribution in [0.4, 0.5) is 0 Å². The molecule has 1 aromatic heterocycles. The van der Waals surface area contributed by atoms with E-state index in [0.29, 0.717) is 12.3 Å². The first kappa shape index (κ1) is 12.7. The Bertz CT molecular complexity index is 336. The molecule has 0 fully saturated rings. The fraction of sp³-hybridized carbons (Fsp3) is 0.636. The van der Waals surface area contributed by atoms with Crippen molar-refractivity contribution in [1.29, 1.82) is 0 Å². The molecular formula is C11H18N2O3. The Morgan fingerprint density at radius 2 is 2.38 bits per heavy atom. The SMILES string of the molecule is CCCn1cncc1C(O)CC(=O)OCC. The first-order chi connectivity index (χ1) is 7.69. The van der Waals surface area contributed by atoms with Gasteiger partial charge in [0, 0.05) is 6.54 Å². The van der Waals surface area contributed by atoms with Gasteiger partial charge in [0.2, 0.25) is 0 Å². The topological polar surface area (TPSA) is 64.3 Å². The summed E-state index contributed by atoms with van der Waals surface area (Å²) in [7, 11) is 0. The van der Waals surface area contributed by atoms with E-state index >= 15 is 0 Å². The van der Waals surface area contributed by atoms with Gasteiger partial charge in [-0.1, -0.05) is 6.92 Å². The Labute approximate surface area is 95.1 Å². The molecule has 0 bridgehead atoms. The highest BCUT2D eigenvalue weighted by Crippen LogP contribution is 2.17. The number of rotatable bonds is 6. The molecule has 1 heterocycles. The summed E-state index contributed by atoms with van der Waals surface area (Å²) in [6, 6.07) is 0. The molecule has 0 spiro atoms. The first-order valence-corrected chi connectivity index (χ1v) is 5.52. The van der Waals surface area contributed by atoms with Crippen LogP contribution in [0.15, 0.2) is 12.5 Å². The van der Waals surface area contributed by atoms with E-state index in [2.05, 4.69) is 4.98 Å². The molecule has 5 heteroatoms. The predicted molar refractivity (Wildman–Crippen MR) is 58.7 cm³/mol. The standard InChI is InChI=1S/C11H18N2O3/c1-3-5-13-8-12-7-9(13)10(14)6-11(15)16-4-2/h7-8,10,14H,3-6H2,1-2H3. The molecule has 16 heavy (non-hydrogen) atoms. The highest BCUT2D eigenvalue weighted by molar-refractivity contribution is 5.70. The van der Waals surface area contributed by atoms with E-state index in [1.807, 2.05) is 11.5 Å². The normalized spacial score (nSPS) is 12.4. The van der Waals surface area contributed by atoms with Crippen molar-refractivity contribution in [3.05, 3.63) is 18.2 Å². The summed E-state index contributed by atoms with van der Waals surface area (Å²) in [6.45, 7) is 4.90. The van der Waals surface area contributed by atoms with Gasteiger partial charge >= 0.3 is 5.97 Å². The van der Waals surface area contributed by atoms with Crippen molar-refractivity contribution < 1.29 is 14.6 Å². The van der Waals surface area contributed by atoms with E-state index in [-0.39, 0.29) is 12.4 Å². The van der Waals surface area contributed by atoms with Crippen LogP contribution >= 0.6 is 0 Å². The number of hydrogen-bond acceptors (Lipinski definition) is 4. The molecule has 0 aliphatic rings. The first-order valence-electron chi connectivity index (χ1n) is 5.52. The number of ether oxygens (including phenoxy) is 1. The third-order valence-electron chi connectivity index (χ3n) is 2.22. The van der Waals surface area contributed by atoms with E-state index in [0.717, 1.165) is 13.0 Å². The van der Waals surface area contributed by atoms with Crippen molar-refractivity contribution in [3.8, 4) is 0 Å². The van der Waals surface area contributed by atoms with E-state index in [4.69, 9.17) is 4.74 Å². The van der Waals surface area contributed by atoms with Gasteiger partial charge < -0.3 is 14.4 Å². The zero-order valence-electron chi connectivity index (χ0n) is 9.72. The Hall–Kier alpha value is -1.36. The minimum absolute atomic E-state index is 0.0246. The number of aromatic nitrogens is 2. The number of hydrogen-bond donors (Lipinski definition) is 1. The predicted octanol–water partition coefficient (Wildman–Crippen LogP) is 1.28. The van der Waals surface area contributed by atoms with Crippen LogP contribution in [0.2, 0.25) is 0 Å². The lowest BCUT2D eigenvalue weighted by molar-refractivity contribution is -0.145. The second-order valence-electron chi connectivity index (χ2n) is 3.54. The van der Waals surface area contributed by atoms with Gasteiger partial charge in [-0.25, -0.2) is 4.98 Å². The molecule has 0 aromatic carbocycles. The van der Waals surface area contributed by atoms with Crippen LogP contribution in [-0.4, -0.2) is 27.2 Å². The Morgan fingerprint density at radius 3 is 3.00 bits per heavy atom. The number of aryl methyl sites for hydroxylation is 1. The molecule has 0 radical (unpaired) electrons. The molecule has 0 saturated carbocycles. The smallest absolute Gasteiger partial charge is 0.308 e. The van der Waals surface area contributed by atoms with Crippen LogP contribution in [0.25, 0.3) is 0 Å². The second-order valence-corrected chi connectivity index (χ2v) is 3.54. The molecule has 90 valence electrons. The molecule has 0 aliphatic carbocycles. The van der Waals surface area contributed by atoms with Gasteiger partial charge in [0.1, 0.15) is 6.10 Å². The summed E-state index contributed by atoms with van der Waals surface area (Å²) in [5.41, 5.74) is 0.662. The third-order valence-corrected chi connectivity index (χ3v) is 2.22. The monoisotopic (exact) mass is 226 g/mol. The van der Waals surface area contributed by atoms with E-state index < -0.39 is 6.10 Å². The number of imidazole rings is 1. The summed E-state index contributed by atoms with van der Waals surface area (Å²) >= 11 is 0. The van der Waals surface area contributed by atoms with Crippen molar-refractivity contribution >= 4 is 5.97 Å². The van der Waals surface area contributed by atoms with Crippen LogP contribution in [0, 0.1) is 0 Å². The maximum Gasteiger partial charge on any atom is 0.308 e. The van der Waals surface area contributed by atoms with Crippen LogP contribution in [0.3, 0.4) is 0 Å². The lowest BCUT2D eigenvalue weighted by atomic mass is 10.2. The molecule has 1 atom stereocenters. The molecule has 1 rings (SSSR count). The van der Waals surface area contributed by atoms with Gasteiger partial charge in [0.05, 0.1) is 31.2 Å². The molecule has 5 nitrogen and oxygen atoms in total. The van der Waals surface area contributed by atoms with Gasteiger partial charge in [-0.15, -0.1) is 0 Å². The summed E-state index contributed by atoms with van der Waals surface area (Å²) in [5.74, 6) is -0.390. The Morgan fingerprint density at radius 1 is 1.62 bits per heavy atom. The zero-order valence-corrected chi connectivity index (χ0v) is 9.72. The number of aliphatic hydroxyl groups is 1. The minimum Gasteiger partial charge on any atom is -0.466 e. The van der Waals surface area contributed by atoms with Crippen molar-refractivity contribution in [3.63, 3.8) is 0 Å². The van der Waals surface area contributed by atoms with Crippen LogP contribution in [0.1, 0.15) is 38.5 Å². The summed E-state index contributed by atoms with van der Waals surface area (Å²) < 4.78 is 6.63. The highest BCUT2D eigenvalue weighted by atomic mass is 16.5. The second kappa shape index (κ2) is 6.27. The molecule has 0 saturated heterocycles. The number of carbonyl (C=O) groups is 1. The summed E-state index contributed by atoms with van der Waals surface area (Å²) in [4.78, 5) is 15.2. The molecular weight excluding hydrogens is 208 g/mol. The molecule has 1 unspecified atom stereocenters. The van der Waals surface area contributed by atoms with Crippen molar-refractivity contribution in [2.24, 2.45) is 0 Å². The minimum atomic E-state index is -0.840. The number of carbonyl (C=O) groups excluding carboxylic acids is 1. The molecule has 0 aliphatic heterocycles. The maximum absolute atomic E-state index is 11.2. The van der Waals surface area contributed by atoms with E-state index in [1.165, 1.54) is 0 Å². The van der Waals surface area contributed by atoms with E-state index in [1.54, 1.807) is 19.4 Å². The van der Waals surface area contributed by atoms with Crippen molar-refractivity contribution in [2.75, 3.05) is 6.61 Å². The van der Waals surface area contributed by atoms with Gasteiger partial charge in [-0.2, -0.15) is 0 Å². The quantitative estimate of drug-likeness (QED) is 0.742. The third kappa shape index (κ3) is 3.34. The highest BCUT2D eigenvalue weighted by Gasteiger charge is 2.17. The molecule has 0 amide bonds. The van der Waals surface area contributed by atoms with E-state index in [9.17, 15) is 9.90 Å². The number of esters is 1. The van der Waals surface area contributed by atoms with Crippen molar-refractivity contribution in [2.45, 2.75) is 39.3 Å². The largest absolute Gasteiger partial charge is 0.466 e. The number of nitrogens with zero attached hydrogens (tertiary/aromatic N) is 2. The maximum atomic E-state index is 11.2. The Balaban J connectivity index is 2.61. The van der Waals surface area contributed by atoms with Gasteiger partial charge in [-0.3, -0.25) is 4.79 Å². The lowest BCUT2D eigenvalue weighted by Crippen LogP contribution is -2.13. The van der Waals surface area contributed by atoms with Gasteiger partial charge in [0.25, 0.3) is 0 Å². The Kier molecular flexibility index (Phi) is 4.98. The number of aliphatic hydroxyl groups excluding tert-OH is 1. The fourth-order valence-electron chi connectivity index (χ4n) is 1.52. The van der Waals surface area contributed by atoms with Crippen LogP contribution < -0.4 is 0 Å². The van der Waals surface area contributed by atoms with Crippen molar-refractivity contribution in [1.82, 2.24) is 9.55 Å². The van der Waals surface area contributed by atoms with Crippen LogP contribution in [-0.2, 0) is 16.1 Å². The van der Waals surface area contributed by atoms with Crippen LogP contribution in [0.5, 0.6) is 0 Å². The van der Waals surface area contributed by atoms with Gasteiger partial charge in [0.15, 0.2) is 0 Å². The summed E-state index contributed by atoms with van der Waals surface area (Å²) in [6.07, 6.45) is 3.33. The average Bonchev–Trinajstić information content (AvgIpc) is 2.66.